The Morgan fingerprint density at radius 3 is 2.31 bits per heavy atom. The molecule has 3 aromatic rings. The maximum Gasteiger partial charge on any atom is 0.264 e. The van der Waals surface area contributed by atoms with Crippen LogP contribution in [-0.2, 0) is 14.8 Å². The van der Waals surface area contributed by atoms with Crippen molar-refractivity contribution >= 4 is 33.2 Å². The van der Waals surface area contributed by atoms with E-state index >= 15 is 0 Å². The van der Waals surface area contributed by atoms with E-state index in [-0.39, 0.29) is 10.9 Å². The molecule has 0 heterocycles. The number of carbonyl (C=O) groups excluding carboxylic acids is 1. The van der Waals surface area contributed by atoms with Crippen molar-refractivity contribution in [3.05, 3.63) is 88.9 Å². The SMILES string of the molecule is COc1ccc(S(=O)(=O)N(CC(=O)N[C@@H](C)c2ccc(C)cc2)c2cccc(Cl)c2)cc1. The maximum atomic E-state index is 13.4. The van der Waals surface area contributed by atoms with Crippen molar-refractivity contribution in [1.82, 2.24) is 5.32 Å². The lowest BCUT2D eigenvalue weighted by molar-refractivity contribution is -0.120. The highest BCUT2D eigenvalue weighted by molar-refractivity contribution is 7.92. The van der Waals surface area contributed by atoms with Gasteiger partial charge in [0.15, 0.2) is 0 Å². The average molecular weight is 473 g/mol. The molecule has 6 nitrogen and oxygen atoms in total. The van der Waals surface area contributed by atoms with E-state index in [0.717, 1.165) is 15.4 Å². The van der Waals surface area contributed by atoms with Gasteiger partial charge in [0.1, 0.15) is 12.3 Å². The molecule has 1 N–H and O–H groups in total. The Kier molecular flexibility index (Phi) is 7.43. The number of halogens is 1. The molecule has 0 fully saturated rings. The van der Waals surface area contributed by atoms with Crippen molar-refractivity contribution in [3.63, 3.8) is 0 Å². The largest absolute Gasteiger partial charge is 0.497 e. The number of methoxy groups -OCH3 is 1. The Labute approximate surface area is 193 Å². The number of ether oxygens (including phenoxy) is 1. The summed E-state index contributed by atoms with van der Waals surface area (Å²) >= 11 is 6.10. The third-order valence-corrected chi connectivity index (χ3v) is 7.01. The lowest BCUT2D eigenvalue weighted by Gasteiger charge is -2.25. The van der Waals surface area contributed by atoms with Gasteiger partial charge < -0.3 is 10.1 Å². The number of sulfonamides is 1. The smallest absolute Gasteiger partial charge is 0.264 e. The summed E-state index contributed by atoms with van der Waals surface area (Å²) in [6.07, 6.45) is 0. The molecule has 0 aliphatic carbocycles. The lowest BCUT2D eigenvalue weighted by atomic mass is 10.1. The van der Waals surface area contributed by atoms with Gasteiger partial charge in [0.2, 0.25) is 5.91 Å². The minimum Gasteiger partial charge on any atom is -0.497 e. The molecule has 8 heteroatoms. The molecule has 168 valence electrons. The number of carbonyl (C=O) groups is 1. The number of hydrogen-bond acceptors (Lipinski definition) is 4. The van der Waals surface area contributed by atoms with Gasteiger partial charge in [-0.1, -0.05) is 47.5 Å². The summed E-state index contributed by atoms with van der Waals surface area (Å²) in [6.45, 7) is 3.44. The van der Waals surface area contributed by atoms with Crippen LogP contribution in [0.25, 0.3) is 0 Å². The Morgan fingerprint density at radius 1 is 1.06 bits per heavy atom. The number of amides is 1. The Morgan fingerprint density at radius 2 is 1.72 bits per heavy atom. The molecular weight excluding hydrogens is 448 g/mol. The summed E-state index contributed by atoms with van der Waals surface area (Å²) < 4.78 is 33.0. The van der Waals surface area contributed by atoms with Crippen LogP contribution in [0.15, 0.2) is 77.7 Å². The Hall–Kier alpha value is -3.03. The van der Waals surface area contributed by atoms with Crippen LogP contribution < -0.4 is 14.4 Å². The number of rotatable bonds is 8. The first kappa shape index (κ1) is 23.6. The van der Waals surface area contributed by atoms with Crippen LogP contribution >= 0.6 is 11.6 Å². The number of benzene rings is 3. The molecule has 0 saturated heterocycles. The first-order chi connectivity index (χ1) is 15.2. The predicted octanol–water partition coefficient (Wildman–Crippen LogP) is 4.73. The van der Waals surface area contributed by atoms with E-state index in [0.29, 0.717) is 16.5 Å². The summed E-state index contributed by atoms with van der Waals surface area (Å²) in [5, 5.41) is 3.24. The van der Waals surface area contributed by atoms with E-state index in [1.54, 1.807) is 30.3 Å². The van der Waals surface area contributed by atoms with Crippen molar-refractivity contribution in [3.8, 4) is 5.75 Å². The molecule has 3 aromatic carbocycles. The van der Waals surface area contributed by atoms with Gasteiger partial charge in [-0.05, 0) is 61.9 Å². The highest BCUT2D eigenvalue weighted by atomic mass is 35.5. The van der Waals surface area contributed by atoms with Crippen molar-refractivity contribution < 1.29 is 17.9 Å². The predicted molar refractivity (Wildman–Crippen MR) is 127 cm³/mol. The number of nitrogens with one attached hydrogen (secondary N) is 1. The quantitative estimate of drug-likeness (QED) is 0.514. The number of hydrogen-bond donors (Lipinski definition) is 1. The summed E-state index contributed by atoms with van der Waals surface area (Å²) in [4.78, 5) is 12.9. The van der Waals surface area contributed by atoms with Gasteiger partial charge >= 0.3 is 0 Å². The third-order valence-electron chi connectivity index (χ3n) is 4.99. The maximum absolute atomic E-state index is 13.4. The van der Waals surface area contributed by atoms with Crippen LogP contribution in [0.4, 0.5) is 5.69 Å². The second-order valence-corrected chi connectivity index (χ2v) is 9.67. The van der Waals surface area contributed by atoms with Gasteiger partial charge in [0.05, 0.1) is 23.7 Å². The minimum absolute atomic E-state index is 0.0395. The van der Waals surface area contributed by atoms with Gasteiger partial charge in [-0.25, -0.2) is 8.42 Å². The highest BCUT2D eigenvalue weighted by Gasteiger charge is 2.28. The first-order valence-corrected chi connectivity index (χ1v) is 11.8. The zero-order valence-corrected chi connectivity index (χ0v) is 19.7. The van der Waals surface area contributed by atoms with Crippen molar-refractivity contribution in [1.29, 1.82) is 0 Å². The molecule has 3 rings (SSSR count). The molecule has 0 aliphatic rings. The zero-order valence-electron chi connectivity index (χ0n) is 18.1. The third kappa shape index (κ3) is 5.60. The standard InChI is InChI=1S/C24H25ClN2O4S/c1-17-7-9-19(10-8-17)18(2)26-24(28)16-27(21-6-4-5-20(25)15-21)32(29,30)23-13-11-22(31-3)12-14-23/h4-15,18H,16H2,1-3H3,(H,26,28)/t18-/m0/s1. The summed E-state index contributed by atoms with van der Waals surface area (Å²) in [6, 6.07) is 19.9. The number of nitrogens with zero attached hydrogens (tertiary/aromatic N) is 1. The van der Waals surface area contributed by atoms with E-state index in [2.05, 4.69) is 5.32 Å². The molecule has 1 atom stereocenters. The van der Waals surface area contributed by atoms with Crippen molar-refractivity contribution in [2.24, 2.45) is 0 Å². The Bertz CT molecular complexity index is 1180. The van der Waals surface area contributed by atoms with Crippen LogP contribution in [-0.4, -0.2) is 28.0 Å². The summed E-state index contributed by atoms with van der Waals surface area (Å²) in [5.74, 6) is 0.0954. The van der Waals surface area contributed by atoms with Crippen LogP contribution in [0, 0.1) is 6.92 Å². The fraction of sp³-hybridized carbons (Fsp3) is 0.208. The molecule has 0 unspecified atom stereocenters. The van der Waals surface area contributed by atoms with Crippen molar-refractivity contribution in [2.75, 3.05) is 18.0 Å². The van der Waals surface area contributed by atoms with Gasteiger partial charge in [0.25, 0.3) is 10.0 Å². The molecule has 0 aliphatic heterocycles. The summed E-state index contributed by atoms with van der Waals surface area (Å²) in [5.41, 5.74) is 2.34. The monoisotopic (exact) mass is 472 g/mol. The molecule has 0 spiro atoms. The lowest BCUT2D eigenvalue weighted by Crippen LogP contribution is -2.41. The van der Waals surface area contributed by atoms with E-state index in [4.69, 9.17) is 16.3 Å². The fourth-order valence-corrected chi connectivity index (χ4v) is 4.77. The normalized spacial score (nSPS) is 12.1. The Balaban J connectivity index is 1.89. The highest BCUT2D eigenvalue weighted by Crippen LogP contribution is 2.27. The topological polar surface area (TPSA) is 75.7 Å². The van der Waals surface area contributed by atoms with Crippen LogP contribution in [0.2, 0.25) is 5.02 Å². The first-order valence-electron chi connectivity index (χ1n) is 9.99. The average Bonchev–Trinajstić information content (AvgIpc) is 2.77. The number of anilines is 1. The van der Waals surface area contributed by atoms with E-state index in [1.807, 2.05) is 38.1 Å². The van der Waals surface area contributed by atoms with Crippen LogP contribution in [0.5, 0.6) is 5.75 Å². The molecule has 1 amide bonds. The van der Waals surface area contributed by atoms with E-state index in [1.165, 1.54) is 25.3 Å². The molecule has 0 radical (unpaired) electrons. The van der Waals surface area contributed by atoms with Crippen LogP contribution in [0.3, 0.4) is 0 Å². The molecular formula is C24H25ClN2O4S. The van der Waals surface area contributed by atoms with Crippen molar-refractivity contribution in [2.45, 2.75) is 24.8 Å². The zero-order chi connectivity index (χ0) is 23.3. The molecule has 32 heavy (non-hydrogen) atoms. The summed E-state index contributed by atoms with van der Waals surface area (Å²) in [7, 11) is -2.54. The fourth-order valence-electron chi connectivity index (χ4n) is 3.18. The molecule has 0 aromatic heterocycles. The van der Waals surface area contributed by atoms with Gasteiger partial charge in [-0.15, -0.1) is 0 Å². The van der Waals surface area contributed by atoms with Gasteiger partial charge in [-0.3, -0.25) is 9.10 Å². The second kappa shape index (κ2) is 10.1. The van der Waals surface area contributed by atoms with Gasteiger partial charge in [-0.2, -0.15) is 0 Å². The second-order valence-electron chi connectivity index (χ2n) is 7.37. The van der Waals surface area contributed by atoms with E-state index in [9.17, 15) is 13.2 Å². The molecule has 0 saturated carbocycles. The van der Waals surface area contributed by atoms with E-state index < -0.39 is 22.5 Å². The molecule has 0 bridgehead atoms. The van der Waals surface area contributed by atoms with Crippen LogP contribution in [0.1, 0.15) is 24.1 Å². The number of aryl methyl sites for hydroxylation is 1. The van der Waals surface area contributed by atoms with Gasteiger partial charge in [0, 0.05) is 5.02 Å². The minimum atomic E-state index is -4.04.